The van der Waals surface area contributed by atoms with E-state index in [1.807, 2.05) is 18.2 Å². The number of aryl methyl sites for hydroxylation is 1. The first-order chi connectivity index (χ1) is 31.5. The second-order valence-corrected chi connectivity index (χ2v) is 17.3. The van der Waals surface area contributed by atoms with Crippen LogP contribution in [0.2, 0.25) is 0 Å². The Morgan fingerprint density at radius 3 is 1.92 bits per heavy atom. The van der Waals surface area contributed by atoms with Crippen LogP contribution in [0.5, 0.6) is 0 Å². The zero-order valence-corrected chi connectivity index (χ0v) is 35.1. The van der Waals surface area contributed by atoms with E-state index in [1.165, 1.54) is 33.4 Å². The molecule has 1 spiro atoms. The number of allylic oxidation sites excluding steroid dienone is 4. The van der Waals surface area contributed by atoms with E-state index in [-0.39, 0.29) is 5.82 Å². The molecule has 1 heterocycles. The summed E-state index contributed by atoms with van der Waals surface area (Å²) < 4.78 is 23.1. The van der Waals surface area contributed by atoms with Gasteiger partial charge in [-0.3, -0.25) is 0 Å². The minimum Gasteiger partial charge on any atom is -0.456 e. The van der Waals surface area contributed by atoms with E-state index in [4.69, 9.17) is 4.42 Å². The van der Waals surface area contributed by atoms with Gasteiger partial charge in [0, 0.05) is 33.4 Å². The van der Waals surface area contributed by atoms with Crippen LogP contribution >= 0.6 is 0 Å². The third-order valence-corrected chi connectivity index (χ3v) is 13.9. The summed E-state index contributed by atoms with van der Waals surface area (Å²) in [6.07, 6.45) is 5.28. The van der Waals surface area contributed by atoms with Crippen LogP contribution < -0.4 is 4.90 Å². The third kappa shape index (κ3) is 5.31. The molecule has 3 aliphatic carbocycles. The van der Waals surface area contributed by atoms with Gasteiger partial charge in [0.15, 0.2) is 0 Å². The van der Waals surface area contributed by atoms with Gasteiger partial charge in [-0.2, -0.15) is 0 Å². The van der Waals surface area contributed by atoms with Crippen molar-refractivity contribution in [3.05, 3.63) is 252 Å². The lowest BCUT2D eigenvalue weighted by molar-refractivity contribution is 0.586. The molecule has 0 bridgehead atoms. The van der Waals surface area contributed by atoms with Crippen LogP contribution in [-0.4, -0.2) is 0 Å². The molecule has 0 radical (unpaired) electrons. The maximum absolute atomic E-state index is 16.8. The Morgan fingerprint density at radius 2 is 1.11 bits per heavy atom. The van der Waals surface area contributed by atoms with Gasteiger partial charge in [0.05, 0.1) is 5.41 Å². The largest absolute Gasteiger partial charge is 0.456 e. The van der Waals surface area contributed by atoms with Crippen molar-refractivity contribution in [2.45, 2.75) is 18.8 Å². The monoisotopic (exact) mass is 821 g/mol. The topological polar surface area (TPSA) is 16.4 Å². The van der Waals surface area contributed by atoms with Gasteiger partial charge in [-0.25, -0.2) is 4.39 Å². The highest BCUT2D eigenvalue weighted by Gasteiger charge is 2.55. The second kappa shape index (κ2) is 14.0. The summed E-state index contributed by atoms with van der Waals surface area (Å²) in [6, 6.07) is 70.7. The molecule has 2 nitrogen and oxygen atoms in total. The maximum Gasteiger partial charge on any atom is 0.136 e. The summed E-state index contributed by atoms with van der Waals surface area (Å²) in [4.78, 5) is 2.34. The van der Waals surface area contributed by atoms with Gasteiger partial charge in [-0.05, 0) is 146 Å². The average molecular weight is 822 g/mol. The van der Waals surface area contributed by atoms with Crippen LogP contribution in [0.15, 0.2) is 222 Å². The van der Waals surface area contributed by atoms with Crippen LogP contribution in [0, 0.1) is 12.7 Å². The van der Waals surface area contributed by atoms with Gasteiger partial charge in [0.2, 0.25) is 0 Å². The minimum atomic E-state index is -0.753. The average Bonchev–Trinajstić information content (AvgIpc) is 4.11. The Kier molecular flexibility index (Phi) is 8.01. The molecule has 3 aliphatic rings. The summed E-state index contributed by atoms with van der Waals surface area (Å²) in [7, 11) is 0. The van der Waals surface area contributed by atoms with Gasteiger partial charge in [0.25, 0.3) is 0 Å². The Hall–Kier alpha value is -8.01. The molecular formula is C61H40FNO. The van der Waals surface area contributed by atoms with Crippen molar-refractivity contribution >= 4 is 44.6 Å². The lowest BCUT2D eigenvalue weighted by atomic mass is 9.67. The highest BCUT2D eigenvalue weighted by molar-refractivity contribution is 6.06. The molecule has 10 aromatic rings. The van der Waals surface area contributed by atoms with Crippen molar-refractivity contribution in [3.63, 3.8) is 0 Å². The number of benzene rings is 9. The first-order valence-corrected chi connectivity index (χ1v) is 22.1. The molecular weight excluding hydrogens is 782 g/mol. The quantitative estimate of drug-likeness (QED) is 0.166. The number of fused-ring (bicyclic) bond motifs is 12. The molecule has 0 saturated carbocycles. The highest BCUT2D eigenvalue weighted by Crippen LogP contribution is 2.66. The van der Waals surface area contributed by atoms with Crippen molar-refractivity contribution in [1.29, 1.82) is 0 Å². The number of nitrogens with zero attached hydrogens (tertiary/aromatic N) is 1. The normalized spacial score (nSPS) is 15.5. The SMILES string of the molecule is Cc1ccc2c(c1)C1(C3=C2C=CC3)c2c(F)cccc2-c2cccc(-c3cccc(N(c4ccc(-c5ccccc5)cc4)c4ccc(-c5ccc6c(c5)oc5ccccc56)cc4)c3)c21. The van der Waals surface area contributed by atoms with E-state index < -0.39 is 5.41 Å². The Labute approximate surface area is 371 Å². The van der Waals surface area contributed by atoms with E-state index in [0.29, 0.717) is 0 Å². The van der Waals surface area contributed by atoms with E-state index in [1.54, 1.807) is 6.07 Å². The van der Waals surface area contributed by atoms with Crippen LogP contribution in [0.25, 0.3) is 72.0 Å². The first-order valence-electron chi connectivity index (χ1n) is 22.1. The van der Waals surface area contributed by atoms with Crippen molar-refractivity contribution in [2.24, 2.45) is 0 Å². The van der Waals surface area contributed by atoms with Crippen molar-refractivity contribution in [3.8, 4) is 44.5 Å². The maximum atomic E-state index is 16.8. The number of rotatable bonds is 6. The van der Waals surface area contributed by atoms with E-state index in [0.717, 1.165) is 95.5 Å². The summed E-state index contributed by atoms with van der Waals surface area (Å²) in [5, 5.41) is 2.25. The van der Waals surface area contributed by atoms with Crippen LogP contribution in [-0.2, 0) is 5.41 Å². The second-order valence-electron chi connectivity index (χ2n) is 17.3. The lowest BCUT2D eigenvalue weighted by Gasteiger charge is -2.34. The minimum absolute atomic E-state index is 0.160. The molecule has 0 fully saturated rings. The summed E-state index contributed by atoms with van der Waals surface area (Å²) in [6.45, 7) is 2.15. The van der Waals surface area contributed by atoms with Crippen molar-refractivity contribution in [2.75, 3.05) is 4.90 Å². The number of halogens is 1. The fraction of sp³-hybridized carbons (Fsp3) is 0.0492. The standard InChI is InChI=1S/C61H40FNO/c1-38-23-33-49-48-17-9-20-54(48)61(55(49)35-38)59-47(16-8-18-52(59)53-19-10-21-56(62)60(53)61)43-13-7-14-46(36-43)63(44-29-24-40(25-30-44)39-11-3-2-4-12-39)45-31-26-41(27-32-45)42-28-34-51-50-15-5-6-22-57(50)64-58(51)37-42/h2-19,21-37H,20H2,1H3. The van der Waals surface area contributed by atoms with E-state index >= 15 is 4.39 Å². The Balaban J connectivity index is 0.968. The molecule has 302 valence electrons. The molecule has 0 amide bonds. The molecule has 1 aromatic heterocycles. The van der Waals surface area contributed by atoms with Crippen molar-refractivity contribution in [1.82, 2.24) is 0 Å². The summed E-state index contributed by atoms with van der Waals surface area (Å²) in [5.74, 6) is -0.160. The summed E-state index contributed by atoms with van der Waals surface area (Å²) >= 11 is 0. The molecule has 1 atom stereocenters. The van der Waals surface area contributed by atoms with Crippen LogP contribution in [0.4, 0.5) is 21.5 Å². The molecule has 1 unspecified atom stereocenters. The number of hydrogen-bond acceptors (Lipinski definition) is 2. The summed E-state index contributed by atoms with van der Waals surface area (Å²) in [5.41, 5.74) is 20.9. The molecule has 0 aliphatic heterocycles. The molecule has 0 saturated heterocycles. The van der Waals surface area contributed by atoms with Gasteiger partial charge in [-0.15, -0.1) is 0 Å². The third-order valence-electron chi connectivity index (χ3n) is 13.9. The smallest absolute Gasteiger partial charge is 0.136 e. The number of anilines is 3. The Morgan fingerprint density at radius 1 is 0.469 bits per heavy atom. The molecule has 9 aromatic carbocycles. The fourth-order valence-corrected chi connectivity index (χ4v) is 11.1. The van der Waals surface area contributed by atoms with Crippen LogP contribution in [0.1, 0.15) is 34.2 Å². The molecule has 3 heteroatoms. The molecule has 13 rings (SSSR count). The van der Waals surface area contributed by atoms with E-state index in [2.05, 4.69) is 200 Å². The molecule has 64 heavy (non-hydrogen) atoms. The lowest BCUT2D eigenvalue weighted by Crippen LogP contribution is -2.29. The van der Waals surface area contributed by atoms with Gasteiger partial charge >= 0.3 is 0 Å². The number of furan rings is 1. The van der Waals surface area contributed by atoms with E-state index in [9.17, 15) is 0 Å². The zero-order chi connectivity index (χ0) is 42.5. The van der Waals surface area contributed by atoms with Gasteiger partial charge < -0.3 is 9.32 Å². The molecule has 0 N–H and O–H groups in total. The van der Waals surface area contributed by atoms with Gasteiger partial charge in [0.1, 0.15) is 17.0 Å². The van der Waals surface area contributed by atoms with Gasteiger partial charge in [-0.1, -0.05) is 157 Å². The first kappa shape index (κ1) is 36.6. The zero-order valence-electron chi connectivity index (χ0n) is 35.1. The highest BCUT2D eigenvalue weighted by atomic mass is 19.1. The van der Waals surface area contributed by atoms with Crippen LogP contribution in [0.3, 0.4) is 0 Å². The van der Waals surface area contributed by atoms with Crippen molar-refractivity contribution < 1.29 is 8.81 Å². The predicted molar refractivity (Wildman–Crippen MR) is 262 cm³/mol. The predicted octanol–water partition coefficient (Wildman–Crippen LogP) is 16.5. The fourth-order valence-electron chi connectivity index (χ4n) is 11.1. The Bertz CT molecular complexity index is 3590. The number of hydrogen-bond donors (Lipinski definition) is 0. The number of para-hydroxylation sites is 1.